The predicted molar refractivity (Wildman–Crippen MR) is 292 cm³/mol. The summed E-state index contributed by atoms with van der Waals surface area (Å²) in [6.07, 6.45) is 12.2. The molecule has 15 nitrogen and oxygen atoms in total. The Morgan fingerprint density at radius 1 is 0.947 bits per heavy atom. The van der Waals surface area contributed by atoms with E-state index in [0.29, 0.717) is 43.0 Å². The van der Waals surface area contributed by atoms with Crippen LogP contribution in [0.3, 0.4) is 0 Å². The van der Waals surface area contributed by atoms with Crippen LogP contribution in [0.5, 0.6) is 11.5 Å². The molecular weight excluding hydrogens is 984 g/mol. The number of carbonyl (C=O) groups is 1. The molecule has 4 aromatic carbocycles. The van der Waals surface area contributed by atoms with Gasteiger partial charge in [0.1, 0.15) is 28.7 Å². The lowest BCUT2D eigenvalue weighted by molar-refractivity contribution is -0.384. The number of rotatable bonds is 16. The molecule has 1 amide bonds. The fourth-order valence-electron chi connectivity index (χ4n) is 12.5. The number of hydrogen-bond acceptors (Lipinski definition) is 12. The van der Waals surface area contributed by atoms with Crippen LogP contribution in [0.15, 0.2) is 108 Å². The van der Waals surface area contributed by atoms with Crippen LogP contribution in [0.4, 0.5) is 21.5 Å². The summed E-state index contributed by atoms with van der Waals surface area (Å²) in [6.45, 7) is 12.3. The third kappa shape index (κ3) is 11.1. The van der Waals surface area contributed by atoms with Crippen molar-refractivity contribution in [1.82, 2.24) is 24.5 Å². The molecule has 76 heavy (non-hydrogen) atoms. The van der Waals surface area contributed by atoms with Crippen LogP contribution >= 0.6 is 0 Å². The highest BCUT2D eigenvalue weighted by Crippen LogP contribution is 2.53. The van der Waals surface area contributed by atoms with Crippen molar-refractivity contribution in [1.29, 1.82) is 0 Å². The average Bonchev–Trinajstić information content (AvgIpc) is 4.20. The number of hydrogen-bond donors (Lipinski definition) is 4. The zero-order valence-corrected chi connectivity index (χ0v) is 44.5. The van der Waals surface area contributed by atoms with Gasteiger partial charge in [-0.15, -0.1) is 0 Å². The number of halogens is 1. The Bertz CT molecular complexity index is 3230. The highest BCUT2D eigenvalue weighted by Gasteiger charge is 2.50. The standard InChI is InChI=1S/C59H69FN8O7S/c1-38(2)47-6-4-5-7-48(47)54-37-65(36-40-8-10-41(11-9-40)42-12-13-42)26-27-67(54)44-31-59(32-44)22-24-66(25-23-59)43-14-16-49(55(28-43)75-45-29-50-51(60)35-63-56(50)62-34-45)57(69)64-76(73,74)46-15-17-52(53(30-46)68(71)72)61-33-39-18-20-58(3,70)21-19-39/h4-11,14-17,28-30,34-35,38-39,42,44,54,61,70H,12-13,18-27,31-33,36-37H2,1-3H3,(H,62,63)(H,64,69)/t39-,54?,58-. The van der Waals surface area contributed by atoms with E-state index < -0.39 is 42.9 Å². The number of pyridine rings is 1. The Morgan fingerprint density at radius 3 is 2.42 bits per heavy atom. The fourth-order valence-corrected chi connectivity index (χ4v) is 13.5. The van der Waals surface area contributed by atoms with Crippen LogP contribution in [0.2, 0.25) is 0 Å². The second-order valence-electron chi connectivity index (χ2n) is 23.0. The van der Waals surface area contributed by atoms with Gasteiger partial charge in [-0.05, 0) is 147 Å². The first-order chi connectivity index (χ1) is 36.5. The lowest BCUT2D eigenvalue weighted by atomic mass is 9.59. The highest BCUT2D eigenvalue weighted by molar-refractivity contribution is 7.90. The molecule has 2 aromatic heterocycles. The van der Waals surface area contributed by atoms with Crippen molar-refractivity contribution in [3.05, 3.63) is 147 Å². The number of benzene rings is 4. The molecule has 5 aliphatic rings. The number of amides is 1. The molecular formula is C59H69FN8O7S. The third-order valence-electron chi connectivity index (χ3n) is 17.3. The number of nitro groups is 1. The minimum Gasteiger partial charge on any atom is -0.455 e. The van der Waals surface area contributed by atoms with Crippen LogP contribution in [0.1, 0.15) is 135 Å². The summed E-state index contributed by atoms with van der Waals surface area (Å²) in [6, 6.07) is 29.1. The second kappa shape index (κ2) is 20.9. The van der Waals surface area contributed by atoms with Crippen molar-refractivity contribution in [2.45, 2.75) is 126 Å². The summed E-state index contributed by atoms with van der Waals surface area (Å²) in [5, 5.41) is 25.9. The van der Waals surface area contributed by atoms with E-state index in [1.165, 1.54) is 71.8 Å². The van der Waals surface area contributed by atoms with Gasteiger partial charge in [0.05, 0.1) is 32.6 Å². The molecule has 1 atom stereocenters. The average molecular weight is 1050 g/mol. The van der Waals surface area contributed by atoms with Crippen molar-refractivity contribution in [3.8, 4) is 11.5 Å². The first-order valence-corrected chi connectivity index (χ1v) is 28.6. The largest absolute Gasteiger partial charge is 0.455 e. The Morgan fingerprint density at radius 2 is 1.70 bits per heavy atom. The number of nitrogens with one attached hydrogen (secondary N) is 3. The van der Waals surface area contributed by atoms with Crippen LogP contribution in [-0.4, -0.2) is 95.0 Å². The van der Waals surface area contributed by atoms with E-state index in [2.05, 4.69) is 97.1 Å². The normalized spacial score (nSPS) is 22.4. The van der Waals surface area contributed by atoms with E-state index in [9.17, 15) is 32.8 Å². The van der Waals surface area contributed by atoms with E-state index in [-0.39, 0.29) is 39.5 Å². The molecule has 5 fully saturated rings. The smallest absolute Gasteiger partial charge is 0.293 e. The highest BCUT2D eigenvalue weighted by atomic mass is 32.2. The van der Waals surface area contributed by atoms with Gasteiger partial charge in [-0.25, -0.2) is 22.5 Å². The van der Waals surface area contributed by atoms with E-state index in [4.69, 9.17) is 4.74 Å². The number of piperazine rings is 1. The molecule has 0 bridgehead atoms. The summed E-state index contributed by atoms with van der Waals surface area (Å²) in [4.78, 5) is 40.0. The fraction of sp³-hybridized carbons (Fsp3) is 0.458. The maximum Gasteiger partial charge on any atom is 0.293 e. The molecule has 2 saturated heterocycles. The van der Waals surface area contributed by atoms with E-state index in [1.807, 2.05) is 0 Å². The van der Waals surface area contributed by atoms with Gasteiger partial charge in [-0.1, -0.05) is 62.4 Å². The quantitative estimate of drug-likeness (QED) is 0.0532. The maximum atomic E-state index is 14.7. The van der Waals surface area contributed by atoms with E-state index in [0.717, 1.165) is 95.5 Å². The monoisotopic (exact) mass is 1050 g/mol. The minimum atomic E-state index is -4.64. The van der Waals surface area contributed by atoms with Gasteiger partial charge in [0.2, 0.25) is 0 Å². The molecule has 0 radical (unpaired) electrons. The Kier molecular flexibility index (Phi) is 14.2. The van der Waals surface area contributed by atoms with Gasteiger partial charge in [-0.3, -0.25) is 24.7 Å². The van der Waals surface area contributed by atoms with E-state index in [1.54, 1.807) is 19.1 Å². The van der Waals surface area contributed by atoms with Gasteiger partial charge in [0, 0.05) is 81.9 Å². The number of carbonyl (C=O) groups excluding carboxylic acids is 1. The van der Waals surface area contributed by atoms with Crippen LogP contribution in [0, 0.1) is 27.3 Å². The Labute approximate surface area is 444 Å². The summed E-state index contributed by atoms with van der Waals surface area (Å²) in [5.74, 6) is -0.0347. The molecule has 17 heteroatoms. The van der Waals surface area contributed by atoms with Gasteiger partial charge in [0.15, 0.2) is 0 Å². The molecule has 1 unspecified atom stereocenters. The lowest BCUT2D eigenvalue weighted by Gasteiger charge is -2.58. The SMILES string of the molecule is CC(C)c1ccccc1C1CN(Cc2ccc(C3CC3)cc2)CCN1C1CC2(CCN(c3ccc(C(=O)NS(=O)(=O)c4ccc(NC[C@H]5CC[C@](C)(O)CC5)c([N+](=O)[O-])c4)c(Oc4cnc5[nH]cc(F)c5c4)c3)CC2)C1. The molecule has 400 valence electrons. The van der Waals surface area contributed by atoms with Gasteiger partial charge in [0.25, 0.3) is 21.6 Å². The summed E-state index contributed by atoms with van der Waals surface area (Å²) < 4.78 is 50.9. The zero-order valence-electron chi connectivity index (χ0n) is 43.6. The number of fused-ring (bicyclic) bond motifs is 1. The first-order valence-electron chi connectivity index (χ1n) is 27.2. The zero-order chi connectivity index (χ0) is 52.9. The van der Waals surface area contributed by atoms with Crippen molar-refractivity contribution in [2.24, 2.45) is 11.3 Å². The van der Waals surface area contributed by atoms with Crippen LogP contribution in [0.25, 0.3) is 11.0 Å². The number of aromatic amines is 1. The number of nitrogens with zero attached hydrogens (tertiary/aromatic N) is 5. The summed E-state index contributed by atoms with van der Waals surface area (Å²) in [7, 11) is -4.64. The topological polar surface area (TPSA) is 186 Å². The molecule has 4 N–H and O–H groups in total. The van der Waals surface area contributed by atoms with Crippen molar-refractivity contribution in [2.75, 3.05) is 49.5 Å². The molecule has 1 spiro atoms. The molecule has 4 heterocycles. The van der Waals surface area contributed by atoms with Gasteiger partial charge < -0.3 is 25.0 Å². The Balaban J connectivity index is 0.781. The second-order valence-corrected chi connectivity index (χ2v) is 24.7. The van der Waals surface area contributed by atoms with Crippen LogP contribution < -0.4 is 19.7 Å². The van der Waals surface area contributed by atoms with Gasteiger partial charge in [-0.2, -0.15) is 0 Å². The van der Waals surface area contributed by atoms with Crippen molar-refractivity contribution >= 4 is 44.0 Å². The summed E-state index contributed by atoms with van der Waals surface area (Å²) in [5.41, 5.74) is 5.87. The number of sulfonamides is 1. The third-order valence-corrected chi connectivity index (χ3v) is 18.6. The predicted octanol–water partition coefficient (Wildman–Crippen LogP) is 11.2. The molecule has 6 aromatic rings. The molecule has 2 aliphatic heterocycles. The van der Waals surface area contributed by atoms with Crippen molar-refractivity contribution < 1.29 is 32.4 Å². The molecule has 3 saturated carbocycles. The molecule has 11 rings (SSSR count). The number of aliphatic hydroxyl groups is 1. The lowest BCUT2D eigenvalue weighted by Crippen LogP contribution is -2.60. The van der Waals surface area contributed by atoms with Crippen molar-refractivity contribution in [3.63, 3.8) is 0 Å². The number of anilines is 2. The summed E-state index contributed by atoms with van der Waals surface area (Å²) >= 11 is 0. The number of nitro benzene ring substituents is 1. The number of H-pyrrole nitrogens is 1. The van der Waals surface area contributed by atoms with Crippen LogP contribution in [-0.2, 0) is 16.6 Å². The molecule has 3 aliphatic carbocycles. The maximum absolute atomic E-state index is 14.7. The number of ether oxygens (including phenoxy) is 1. The van der Waals surface area contributed by atoms with Gasteiger partial charge >= 0.3 is 0 Å². The number of piperidine rings is 1. The minimum absolute atomic E-state index is 0.0307. The Hall–Kier alpha value is -6.40. The first kappa shape index (κ1) is 51.7. The number of aromatic nitrogens is 2. The van der Waals surface area contributed by atoms with E-state index >= 15 is 0 Å².